The summed E-state index contributed by atoms with van der Waals surface area (Å²) in [5.74, 6) is -0.521. The molecule has 2 rings (SSSR count). The van der Waals surface area contributed by atoms with Crippen molar-refractivity contribution >= 4 is 28.2 Å². The van der Waals surface area contributed by atoms with Crippen molar-refractivity contribution in [3.63, 3.8) is 0 Å². The monoisotopic (exact) mass is 281 g/mol. The van der Waals surface area contributed by atoms with Gasteiger partial charge in [-0.15, -0.1) is 11.3 Å². The Kier molecular flexibility index (Phi) is 4.24. The predicted molar refractivity (Wildman–Crippen MR) is 75.8 cm³/mol. The molecule has 0 aromatic carbocycles. The van der Waals surface area contributed by atoms with E-state index in [1.807, 2.05) is 13.8 Å². The van der Waals surface area contributed by atoms with Crippen LogP contribution in [0.5, 0.6) is 0 Å². The van der Waals surface area contributed by atoms with Gasteiger partial charge in [-0.25, -0.2) is 4.79 Å². The number of aryl methyl sites for hydroxylation is 1. The van der Waals surface area contributed by atoms with Gasteiger partial charge in [0.25, 0.3) is 0 Å². The SMILES string of the molecule is COC(=O)c1c(NC(=O)C(C)C)sc2c1CCCC2. The summed E-state index contributed by atoms with van der Waals surface area (Å²) in [5.41, 5.74) is 1.64. The molecule has 1 N–H and O–H groups in total. The van der Waals surface area contributed by atoms with Gasteiger partial charge in [0, 0.05) is 10.8 Å². The Balaban J connectivity index is 2.39. The van der Waals surface area contributed by atoms with Crippen molar-refractivity contribution in [2.45, 2.75) is 39.5 Å². The standard InChI is InChI=1S/C14H19NO3S/c1-8(2)12(16)15-13-11(14(17)18-3)9-6-4-5-7-10(9)19-13/h8H,4-7H2,1-3H3,(H,15,16). The van der Waals surface area contributed by atoms with Crippen LogP contribution >= 0.6 is 11.3 Å². The first-order valence-electron chi connectivity index (χ1n) is 6.58. The van der Waals surface area contributed by atoms with Crippen LogP contribution in [0.3, 0.4) is 0 Å². The maximum atomic E-state index is 12.0. The predicted octanol–water partition coefficient (Wildman–Crippen LogP) is 3.01. The molecule has 1 heterocycles. The van der Waals surface area contributed by atoms with E-state index >= 15 is 0 Å². The Labute approximate surface area is 117 Å². The molecular formula is C14H19NO3S. The summed E-state index contributed by atoms with van der Waals surface area (Å²) < 4.78 is 4.86. The average molecular weight is 281 g/mol. The molecule has 0 bridgehead atoms. The normalized spacial score (nSPS) is 14.1. The lowest BCUT2D eigenvalue weighted by molar-refractivity contribution is -0.118. The number of thiophene rings is 1. The minimum atomic E-state index is -0.349. The van der Waals surface area contributed by atoms with E-state index in [1.54, 1.807) is 0 Å². The second kappa shape index (κ2) is 5.74. The molecule has 0 saturated carbocycles. The molecule has 1 aromatic heterocycles. The summed E-state index contributed by atoms with van der Waals surface area (Å²) in [4.78, 5) is 25.0. The molecular weight excluding hydrogens is 262 g/mol. The molecule has 0 aliphatic heterocycles. The summed E-state index contributed by atoms with van der Waals surface area (Å²) in [7, 11) is 1.38. The van der Waals surface area contributed by atoms with Gasteiger partial charge in [0.05, 0.1) is 12.7 Å². The van der Waals surface area contributed by atoms with Crippen molar-refractivity contribution in [2.75, 3.05) is 12.4 Å². The van der Waals surface area contributed by atoms with E-state index in [-0.39, 0.29) is 17.8 Å². The first-order valence-corrected chi connectivity index (χ1v) is 7.40. The molecule has 5 heteroatoms. The van der Waals surface area contributed by atoms with E-state index in [0.717, 1.165) is 31.2 Å². The van der Waals surface area contributed by atoms with Gasteiger partial charge in [-0.05, 0) is 31.2 Å². The van der Waals surface area contributed by atoms with Crippen LogP contribution in [0, 0.1) is 5.92 Å². The third-order valence-corrected chi connectivity index (χ3v) is 4.53. The van der Waals surface area contributed by atoms with Crippen LogP contribution in [0.4, 0.5) is 5.00 Å². The maximum Gasteiger partial charge on any atom is 0.341 e. The molecule has 0 spiro atoms. The highest BCUT2D eigenvalue weighted by atomic mass is 32.1. The van der Waals surface area contributed by atoms with E-state index < -0.39 is 0 Å². The van der Waals surface area contributed by atoms with Gasteiger partial charge < -0.3 is 10.1 Å². The Morgan fingerprint density at radius 1 is 1.26 bits per heavy atom. The number of carbonyl (C=O) groups is 2. The van der Waals surface area contributed by atoms with Gasteiger partial charge in [-0.1, -0.05) is 13.8 Å². The van der Waals surface area contributed by atoms with Crippen molar-refractivity contribution in [2.24, 2.45) is 5.92 Å². The number of amides is 1. The van der Waals surface area contributed by atoms with Crippen molar-refractivity contribution in [1.29, 1.82) is 0 Å². The van der Waals surface area contributed by atoms with E-state index in [0.29, 0.717) is 10.6 Å². The number of rotatable bonds is 3. The average Bonchev–Trinajstić information content (AvgIpc) is 2.75. The first-order chi connectivity index (χ1) is 9.04. The van der Waals surface area contributed by atoms with Crippen LogP contribution in [-0.2, 0) is 22.4 Å². The fourth-order valence-electron chi connectivity index (χ4n) is 2.23. The Hall–Kier alpha value is -1.36. The topological polar surface area (TPSA) is 55.4 Å². The zero-order valence-electron chi connectivity index (χ0n) is 11.5. The van der Waals surface area contributed by atoms with E-state index in [9.17, 15) is 9.59 Å². The number of fused-ring (bicyclic) bond motifs is 1. The highest BCUT2D eigenvalue weighted by molar-refractivity contribution is 7.17. The van der Waals surface area contributed by atoms with Crippen LogP contribution in [0.2, 0.25) is 0 Å². The van der Waals surface area contributed by atoms with Crippen LogP contribution in [0.25, 0.3) is 0 Å². The summed E-state index contributed by atoms with van der Waals surface area (Å²) in [6.07, 6.45) is 4.12. The number of hydrogen-bond donors (Lipinski definition) is 1. The Bertz CT molecular complexity index is 505. The van der Waals surface area contributed by atoms with E-state index in [4.69, 9.17) is 4.74 Å². The third-order valence-electron chi connectivity index (χ3n) is 3.32. The Morgan fingerprint density at radius 2 is 1.95 bits per heavy atom. The first kappa shape index (κ1) is 14.1. The summed E-state index contributed by atoms with van der Waals surface area (Å²) in [5, 5.41) is 3.51. The summed E-state index contributed by atoms with van der Waals surface area (Å²) >= 11 is 1.52. The second-order valence-corrected chi connectivity index (χ2v) is 6.16. The molecule has 0 saturated heterocycles. The molecule has 104 valence electrons. The van der Waals surface area contributed by atoms with Gasteiger partial charge in [0.15, 0.2) is 0 Å². The highest BCUT2D eigenvalue weighted by Gasteiger charge is 2.27. The highest BCUT2D eigenvalue weighted by Crippen LogP contribution is 2.38. The molecule has 1 aliphatic carbocycles. The van der Waals surface area contributed by atoms with Crippen LogP contribution in [0.1, 0.15) is 47.5 Å². The van der Waals surface area contributed by atoms with Crippen LogP contribution in [-0.4, -0.2) is 19.0 Å². The van der Waals surface area contributed by atoms with Gasteiger partial charge >= 0.3 is 5.97 Å². The van der Waals surface area contributed by atoms with Gasteiger partial charge in [0.2, 0.25) is 5.91 Å². The van der Waals surface area contributed by atoms with E-state index in [2.05, 4.69) is 5.32 Å². The van der Waals surface area contributed by atoms with Gasteiger partial charge in [-0.3, -0.25) is 4.79 Å². The zero-order chi connectivity index (χ0) is 14.0. The number of nitrogens with one attached hydrogen (secondary N) is 1. The number of carbonyl (C=O) groups excluding carboxylic acids is 2. The third kappa shape index (κ3) is 2.81. The molecule has 4 nitrogen and oxygen atoms in total. The van der Waals surface area contributed by atoms with Crippen molar-refractivity contribution in [1.82, 2.24) is 0 Å². The quantitative estimate of drug-likeness (QED) is 0.866. The molecule has 0 atom stereocenters. The van der Waals surface area contributed by atoms with Crippen molar-refractivity contribution in [3.05, 3.63) is 16.0 Å². The molecule has 0 radical (unpaired) electrons. The fraction of sp³-hybridized carbons (Fsp3) is 0.571. The lowest BCUT2D eigenvalue weighted by atomic mass is 9.95. The summed E-state index contributed by atoms with van der Waals surface area (Å²) in [6, 6.07) is 0. The lowest BCUT2D eigenvalue weighted by Crippen LogP contribution is -2.19. The fourth-order valence-corrected chi connectivity index (χ4v) is 3.51. The number of esters is 1. The molecule has 0 unspecified atom stereocenters. The molecule has 0 fully saturated rings. The van der Waals surface area contributed by atoms with Gasteiger partial charge in [0.1, 0.15) is 5.00 Å². The lowest BCUT2D eigenvalue weighted by Gasteiger charge is -2.12. The molecule has 1 amide bonds. The molecule has 1 aliphatic rings. The van der Waals surface area contributed by atoms with E-state index in [1.165, 1.54) is 23.3 Å². The minimum Gasteiger partial charge on any atom is -0.465 e. The molecule has 19 heavy (non-hydrogen) atoms. The molecule has 1 aromatic rings. The summed E-state index contributed by atoms with van der Waals surface area (Å²) in [6.45, 7) is 3.67. The second-order valence-electron chi connectivity index (χ2n) is 5.05. The largest absolute Gasteiger partial charge is 0.465 e. The zero-order valence-corrected chi connectivity index (χ0v) is 12.4. The smallest absolute Gasteiger partial charge is 0.341 e. The Morgan fingerprint density at radius 3 is 2.58 bits per heavy atom. The number of ether oxygens (including phenoxy) is 1. The van der Waals surface area contributed by atoms with Crippen LogP contribution in [0.15, 0.2) is 0 Å². The number of hydrogen-bond acceptors (Lipinski definition) is 4. The maximum absolute atomic E-state index is 12.0. The van der Waals surface area contributed by atoms with Crippen molar-refractivity contribution < 1.29 is 14.3 Å². The van der Waals surface area contributed by atoms with Gasteiger partial charge in [-0.2, -0.15) is 0 Å². The number of methoxy groups -OCH3 is 1. The number of anilines is 1. The van der Waals surface area contributed by atoms with Crippen LogP contribution < -0.4 is 5.32 Å². The van der Waals surface area contributed by atoms with Crippen molar-refractivity contribution in [3.8, 4) is 0 Å². The minimum absolute atomic E-state index is 0.0660.